The van der Waals surface area contributed by atoms with Gasteiger partial charge in [-0.2, -0.15) is 5.10 Å². The van der Waals surface area contributed by atoms with Gasteiger partial charge in [0.05, 0.1) is 19.8 Å². The summed E-state index contributed by atoms with van der Waals surface area (Å²) in [6.07, 6.45) is 6.92. The van der Waals surface area contributed by atoms with Crippen LogP contribution in [0.1, 0.15) is 41.1 Å². The summed E-state index contributed by atoms with van der Waals surface area (Å²) in [5, 5.41) is 8.29. The largest absolute Gasteiger partial charge is 0.379 e. The maximum absolute atomic E-state index is 13.0. The highest BCUT2D eigenvalue weighted by molar-refractivity contribution is 5.93. The second kappa shape index (κ2) is 8.87. The van der Waals surface area contributed by atoms with Gasteiger partial charge < -0.3 is 14.2 Å². The second-order valence-corrected chi connectivity index (χ2v) is 7.75. The Balaban J connectivity index is 1.30. The molecule has 2 aliphatic heterocycles. The number of rotatable bonds is 6. The zero-order valence-electron chi connectivity index (χ0n) is 16.5. The monoisotopic (exact) mass is 387 g/mol. The Labute approximate surface area is 165 Å². The Bertz CT molecular complexity index is 759. The number of ether oxygens (including phenoxy) is 1. The van der Waals surface area contributed by atoms with Gasteiger partial charge in [-0.15, -0.1) is 0 Å². The van der Waals surface area contributed by atoms with E-state index in [-0.39, 0.29) is 5.91 Å². The van der Waals surface area contributed by atoms with Crippen LogP contribution in [0.2, 0.25) is 0 Å². The average Bonchev–Trinajstić information content (AvgIpc) is 3.38. The van der Waals surface area contributed by atoms with Crippen LogP contribution in [-0.2, 0) is 11.3 Å². The van der Waals surface area contributed by atoms with E-state index in [4.69, 9.17) is 9.26 Å². The SMILES string of the molecule is Cc1onc(C(=O)N2CCC(CCN3CCOCC3)CC2)c1Cn1cccn1. The maximum Gasteiger partial charge on any atom is 0.276 e. The summed E-state index contributed by atoms with van der Waals surface area (Å²) in [6.45, 7) is 8.86. The third-order valence-corrected chi connectivity index (χ3v) is 5.93. The molecule has 2 saturated heterocycles. The number of aryl methyl sites for hydroxylation is 1. The van der Waals surface area contributed by atoms with Gasteiger partial charge in [-0.25, -0.2) is 0 Å². The van der Waals surface area contributed by atoms with Crippen LogP contribution in [0.4, 0.5) is 0 Å². The fraction of sp³-hybridized carbons (Fsp3) is 0.650. The van der Waals surface area contributed by atoms with E-state index in [1.807, 2.05) is 24.1 Å². The first-order valence-corrected chi connectivity index (χ1v) is 10.2. The molecule has 0 atom stereocenters. The van der Waals surface area contributed by atoms with Gasteiger partial charge in [-0.3, -0.25) is 14.4 Å². The molecule has 8 nitrogen and oxygen atoms in total. The molecule has 2 fully saturated rings. The molecule has 0 spiro atoms. The quantitative estimate of drug-likeness (QED) is 0.752. The van der Waals surface area contributed by atoms with Crippen LogP contribution in [0.5, 0.6) is 0 Å². The van der Waals surface area contributed by atoms with Crippen molar-refractivity contribution < 1.29 is 14.1 Å². The Morgan fingerprint density at radius 2 is 2.00 bits per heavy atom. The molecular formula is C20H29N5O3. The lowest BCUT2D eigenvalue weighted by Crippen LogP contribution is -2.41. The highest BCUT2D eigenvalue weighted by Gasteiger charge is 2.28. The third kappa shape index (κ3) is 4.44. The Morgan fingerprint density at radius 1 is 1.21 bits per heavy atom. The van der Waals surface area contributed by atoms with Gasteiger partial charge in [0.2, 0.25) is 0 Å². The molecule has 2 aliphatic rings. The van der Waals surface area contributed by atoms with Crippen molar-refractivity contribution in [2.24, 2.45) is 5.92 Å². The summed E-state index contributed by atoms with van der Waals surface area (Å²) in [6, 6.07) is 1.87. The summed E-state index contributed by atoms with van der Waals surface area (Å²) in [4.78, 5) is 17.4. The van der Waals surface area contributed by atoms with Gasteiger partial charge in [-0.05, 0) is 44.7 Å². The normalized spacial score (nSPS) is 19.2. The van der Waals surface area contributed by atoms with Gasteiger partial charge >= 0.3 is 0 Å². The van der Waals surface area contributed by atoms with Crippen LogP contribution in [-0.4, -0.2) is 76.6 Å². The minimum Gasteiger partial charge on any atom is -0.379 e. The first-order chi connectivity index (χ1) is 13.7. The zero-order chi connectivity index (χ0) is 19.3. The predicted molar refractivity (Wildman–Crippen MR) is 103 cm³/mol. The second-order valence-electron chi connectivity index (χ2n) is 7.75. The summed E-state index contributed by atoms with van der Waals surface area (Å²) >= 11 is 0. The first kappa shape index (κ1) is 19.1. The molecule has 152 valence electrons. The van der Waals surface area contributed by atoms with E-state index in [0.29, 0.717) is 23.9 Å². The lowest BCUT2D eigenvalue weighted by molar-refractivity contribution is 0.0331. The average molecular weight is 387 g/mol. The van der Waals surface area contributed by atoms with Crippen LogP contribution in [0.25, 0.3) is 0 Å². The number of likely N-dealkylation sites (tertiary alicyclic amines) is 1. The van der Waals surface area contributed by atoms with Gasteiger partial charge in [0, 0.05) is 44.1 Å². The zero-order valence-corrected chi connectivity index (χ0v) is 16.5. The van der Waals surface area contributed by atoms with E-state index >= 15 is 0 Å². The molecule has 28 heavy (non-hydrogen) atoms. The Kier molecular flexibility index (Phi) is 6.07. The maximum atomic E-state index is 13.0. The smallest absolute Gasteiger partial charge is 0.276 e. The molecule has 0 aromatic carbocycles. The van der Waals surface area contributed by atoms with Crippen molar-refractivity contribution in [1.82, 2.24) is 24.7 Å². The van der Waals surface area contributed by atoms with Crippen molar-refractivity contribution >= 4 is 5.91 Å². The van der Waals surface area contributed by atoms with Crippen molar-refractivity contribution in [3.8, 4) is 0 Å². The van der Waals surface area contributed by atoms with Gasteiger partial charge in [0.1, 0.15) is 5.76 Å². The third-order valence-electron chi connectivity index (χ3n) is 5.93. The fourth-order valence-corrected chi connectivity index (χ4v) is 4.07. The first-order valence-electron chi connectivity index (χ1n) is 10.2. The number of aromatic nitrogens is 3. The van der Waals surface area contributed by atoms with Crippen molar-refractivity contribution in [1.29, 1.82) is 0 Å². The topological polar surface area (TPSA) is 76.6 Å². The van der Waals surface area contributed by atoms with Gasteiger partial charge in [0.15, 0.2) is 5.69 Å². The standard InChI is InChI=1S/C20H29N5O3/c1-16-18(15-25-7-2-6-21-25)19(22-28-16)20(26)24-9-4-17(5-10-24)3-8-23-11-13-27-14-12-23/h2,6-7,17H,3-5,8-15H2,1H3. The molecule has 0 bridgehead atoms. The molecule has 2 aromatic rings. The van der Waals surface area contributed by atoms with Crippen molar-refractivity contribution in [2.45, 2.75) is 32.7 Å². The van der Waals surface area contributed by atoms with E-state index in [9.17, 15) is 4.79 Å². The Hall–Kier alpha value is -2.19. The predicted octanol–water partition coefficient (Wildman–Crippen LogP) is 1.80. The lowest BCUT2D eigenvalue weighted by Gasteiger charge is -2.33. The minimum atomic E-state index is -0.0226. The number of nitrogens with zero attached hydrogens (tertiary/aromatic N) is 5. The van der Waals surface area contributed by atoms with Crippen LogP contribution < -0.4 is 0 Å². The molecule has 0 aliphatic carbocycles. The molecule has 0 radical (unpaired) electrons. The van der Waals surface area contributed by atoms with Gasteiger partial charge in [0.25, 0.3) is 5.91 Å². The fourth-order valence-electron chi connectivity index (χ4n) is 4.07. The summed E-state index contributed by atoms with van der Waals surface area (Å²) in [7, 11) is 0. The molecule has 8 heteroatoms. The molecular weight excluding hydrogens is 358 g/mol. The highest BCUT2D eigenvalue weighted by atomic mass is 16.5. The lowest BCUT2D eigenvalue weighted by atomic mass is 9.93. The van der Waals surface area contributed by atoms with E-state index < -0.39 is 0 Å². The van der Waals surface area contributed by atoms with Crippen LogP contribution in [0.15, 0.2) is 23.0 Å². The minimum absolute atomic E-state index is 0.0226. The molecule has 0 unspecified atom stereocenters. The van der Waals surface area contributed by atoms with E-state index in [2.05, 4.69) is 15.2 Å². The van der Waals surface area contributed by atoms with Crippen molar-refractivity contribution in [3.63, 3.8) is 0 Å². The molecule has 4 heterocycles. The number of hydrogen-bond acceptors (Lipinski definition) is 6. The van der Waals surface area contributed by atoms with E-state index in [1.165, 1.54) is 6.42 Å². The molecule has 0 N–H and O–H groups in total. The van der Waals surface area contributed by atoms with Gasteiger partial charge in [-0.1, -0.05) is 5.16 Å². The highest BCUT2D eigenvalue weighted by Crippen LogP contribution is 2.24. The van der Waals surface area contributed by atoms with E-state index in [1.54, 1.807) is 10.9 Å². The van der Waals surface area contributed by atoms with Crippen molar-refractivity contribution in [2.75, 3.05) is 45.9 Å². The number of carbonyl (C=O) groups is 1. The summed E-state index contributed by atoms with van der Waals surface area (Å²) < 4.78 is 12.5. The van der Waals surface area contributed by atoms with Crippen LogP contribution >= 0.6 is 0 Å². The number of amides is 1. The summed E-state index contributed by atoms with van der Waals surface area (Å²) in [5.41, 5.74) is 1.25. The number of hydrogen-bond donors (Lipinski definition) is 0. The molecule has 4 rings (SSSR count). The van der Waals surface area contributed by atoms with E-state index in [0.717, 1.165) is 64.3 Å². The number of piperidine rings is 1. The summed E-state index contributed by atoms with van der Waals surface area (Å²) in [5.74, 6) is 1.35. The molecule has 1 amide bonds. The van der Waals surface area contributed by atoms with Crippen LogP contribution in [0.3, 0.4) is 0 Å². The molecule has 2 aromatic heterocycles. The van der Waals surface area contributed by atoms with Crippen LogP contribution in [0, 0.1) is 12.8 Å². The number of carbonyl (C=O) groups excluding carboxylic acids is 1. The number of morpholine rings is 1. The Morgan fingerprint density at radius 3 is 2.71 bits per heavy atom. The van der Waals surface area contributed by atoms with Crippen molar-refractivity contribution in [3.05, 3.63) is 35.5 Å². The molecule has 0 saturated carbocycles.